The Hall–Kier alpha value is -2.05. The van der Waals surface area contributed by atoms with Gasteiger partial charge in [-0.1, -0.05) is 6.92 Å². The maximum absolute atomic E-state index is 12.3. The maximum atomic E-state index is 12.3. The van der Waals surface area contributed by atoms with Crippen LogP contribution in [-0.4, -0.2) is 50.9 Å². The lowest BCUT2D eigenvalue weighted by molar-refractivity contribution is -0.153. The van der Waals surface area contributed by atoms with Gasteiger partial charge in [-0.05, 0) is 32.6 Å². The molecule has 7 heteroatoms. The average Bonchev–Trinajstić information content (AvgIpc) is 2.69. The van der Waals surface area contributed by atoms with Crippen LogP contribution in [0.5, 0.6) is 5.75 Å². The van der Waals surface area contributed by atoms with Crippen molar-refractivity contribution in [2.45, 2.75) is 39.7 Å². The van der Waals surface area contributed by atoms with Crippen molar-refractivity contribution in [3.8, 4) is 5.75 Å². The Morgan fingerprint density at radius 2 is 2.09 bits per heavy atom. The second kappa shape index (κ2) is 6.37. The highest BCUT2D eigenvalue weighted by molar-refractivity contribution is 5.84. The van der Waals surface area contributed by atoms with E-state index in [1.165, 1.54) is 4.90 Å². The zero-order valence-corrected chi connectivity index (χ0v) is 13.5. The highest BCUT2D eigenvalue weighted by atomic mass is 16.5. The molecule has 0 aliphatic carbocycles. The molecule has 1 amide bonds. The molecule has 22 heavy (non-hydrogen) atoms. The number of carboxylic acid groups (broad SMARTS) is 1. The highest BCUT2D eigenvalue weighted by Gasteiger charge is 2.34. The molecule has 2 rings (SSSR count). The monoisotopic (exact) mass is 309 g/mol. The molecule has 7 nitrogen and oxygen atoms in total. The van der Waals surface area contributed by atoms with Crippen molar-refractivity contribution in [3.63, 3.8) is 0 Å². The van der Waals surface area contributed by atoms with E-state index in [0.717, 1.165) is 17.8 Å². The first kappa shape index (κ1) is 16.3. The van der Waals surface area contributed by atoms with Gasteiger partial charge in [0.05, 0.1) is 5.69 Å². The van der Waals surface area contributed by atoms with Crippen molar-refractivity contribution in [1.29, 1.82) is 0 Å². The van der Waals surface area contributed by atoms with Crippen molar-refractivity contribution >= 4 is 11.9 Å². The Bertz CT molecular complexity index is 582. The van der Waals surface area contributed by atoms with Gasteiger partial charge in [0.25, 0.3) is 5.91 Å². The van der Waals surface area contributed by atoms with Gasteiger partial charge in [0.1, 0.15) is 11.7 Å². The molecular formula is C15H23N3O4. The van der Waals surface area contributed by atoms with Crippen molar-refractivity contribution < 1.29 is 19.4 Å². The van der Waals surface area contributed by atoms with Crippen LogP contribution < -0.4 is 4.74 Å². The minimum atomic E-state index is -0.950. The largest absolute Gasteiger partial charge is 0.480 e. The predicted molar refractivity (Wildman–Crippen MR) is 79.7 cm³/mol. The van der Waals surface area contributed by atoms with Crippen LogP contribution in [0.15, 0.2) is 0 Å². The van der Waals surface area contributed by atoms with Crippen LogP contribution in [0.1, 0.15) is 31.2 Å². The van der Waals surface area contributed by atoms with Gasteiger partial charge in [0.15, 0.2) is 12.4 Å². The number of ether oxygens (including phenoxy) is 1. The van der Waals surface area contributed by atoms with Crippen LogP contribution in [0.4, 0.5) is 0 Å². The molecule has 122 valence electrons. The lowest BCUT2D eigenvalue weighted by atomic mass is 9.92. The van der Waals surface area contributed by atoms with Crippen LogP contribution in [0.2, 0.25) is 0 Å². The zero-order chi connectivity index (χ0) is 16.4. The number of rotatable bonds is 4. The van der Waals surface area contributed by atoms with Gasteiger partial charge >= 0.3 is 5.97 Å². The smallest absolute Gasteiger partial charge is 0.326 e. The standard InChI is InChI=1S/C15H23N3O4/c1-9-5-6-18(12(7-9)15(20)21)13(19)8-22-14-10(2)16-17(4)11(14)3/h9,12H,5-8H2,1-4H3,(H,20,21). The van der Waals surface area contributed by atoms with E-state index in [1.807, 2.05) is 27.8 Å². The second-order valence-electron chi connectivity index (χ2n) is 5.98. The minimum absolute atomic E-state index is 0.161. The summed E-state index contributed by atoms with van der Waals surface area (Å²) in [5.41, 5.74) is 1.56. The number of nitrogens with zero attached hydrogens (tertiary/aromatic N) is 3. The van der Waals surface area contributed by atoms with Crippen molar-refractivity contribution in [1.82, 2.24) is 14.7 Å². The Morgan fingerprint density at radius 3 is 2.64 bits per heavy atom. The van der Waals surface area contributed by atoms with Crippen molar-refractivity contribution in [2.75, 3.05) is 13.2 Å². The van der Waals surface area contributed by atoms with E-state index >= 15 is 0 Å². The summed E-state index contributed by atoms with van der Waals surface area (Å²) >= 11 is 0. The number of aryl methyl sites for hydroxylation is 2. The van der Waals surface area contributed by atoms with E-state index in [9.17, 15) is 14.7 Å². The molecule has 1 fully saturated rings. The molecule has 2 atom stereocenters. The van der Waals surface area contributed by atoms with E-state index in [-0.39, 0.29) is 12.5 Å². The summed E-state index contributed by atoms with van der Waals surface area (Å²) in [6.45, 7) is 5.99. The van der Waals surface area contributed by atoms with E-state index in [1.54, 1.807) is 4.68 Å². The number of hydrogen-bond acceptors (Lipinski definition) is 4. The van der Waals surface area contributed by atoms with Crippen molar-refractivity contribution in [2.24, 2.45) is 13.0 Å². The normalized spacial score (nSPS) is 21.7. The third-order valence-corrected chi connectivity index (χ3v) is 4.25. The number of carbonyl (C=O) groups excluding carboxylic acids is 1. The fourth-order valence-electron chi connectivity index (χ4n) is 2.85. The molecule has 1 aromatic heterocycles. The van der Waals surface area contributed by atoms with Crippen LogP contribution in [0.3, 0.4) is 0 Å². The van der Waals surface area contributed by atoms with Gasteiger partial charge in [0, 0.05) is 13.6 Å². The fourth-order valence-corrected chi connectivity index (χ4v) is 2.85. The summed E-state index contributed by atoms with van der Waals surface area (Å²) in [6.07, 6.45) is 1.31. The molecule has 0 aromatic carbocycles. The second-order valence-corrected chi connectivity index (χ2v) is 5.98. The summed E-state index contributed by atoms with van der Waals surface area (Å²) in [6, 6.07) is -0.754. The summed E-state index contributed by atoms with van der Waals surface area (Å²) in [5, 5.41) is 13.5. The molecule has 1 aliphatic rings. The number of hydrogen-bond donors (Lipinski definition) is 1. The van der Waals surface area contributed by atoms with Crippen LogP contribution in [0.25, 0.3) is 0 Å². The molecule has 0 bridgehead atoms. The molecule has 0 spiro atoms. The Kier molecular flexibility index (Phi) is 4.73. The molecule has 0 saturated carbocycles. The van der Waals surface area contributed by atoms with E-state index in [4.69, 9.17) is 4.74 Å². The molecule has 1 saturated heterocycles. The number of carboxylic acids is 1. The third-order valence-electron chi connectivity index (χ3n) is 4.25. The van der Waals surface area contributed by atoms with Gasteiger partial charge in [0.2, 0.25) is 0 Å². The topological polar surface area (TPSA) is 84.7 Å². The molecule has 1 N–H and O–H groups in total. The lowest BCUT2D eigenvalue weighted by Crippen LogP contribution is -2.51. The number of amides is 1. The van der Waals surface area contributed by atoms with E-state index in [0.29, 0.717) is 24.6 Å². The number of piperidine rings is 1. The summed E-state index contributed by atoms with van der Waals surface area (Å²) in [7, 11) is 1.81. The SMILES string of the molecule is Cc1nn(C)c(C)c1OCC(=O)N1CCC(C)CC1C(=O)O. The summed E-state index contributed by atoms with van der Waals surface area (Å²) < 4.78 is 7.28. The van der Waals surface area contributed by atoms with Gasteiger partial charge < -0.3 is 14.7 Å². The van der Waals surface area contributed by atoms with Gasteiger partial charge in [-0.25, -0.2) is 4.79 Å². The lowest BCUT2D eigenvalue weighted by Gasteiger charge is -2.35. The molecule has 2 unspecified atom stereocenters. The summed E-state index contributed by atoms with van der Waals surface area (Å²) in [4.78, 5) is 25.1. The molecule has 2 heterocycles. The highest BCUT2D eigenvalue weighted by Crippen LogP contribution is 2.24. The molecule has 1 aromatic rings. The van der Waals surface area contributed by atoms with Gasteiger partial charge in [-0.15, -0.1) is 0 Å². The first-order valence-electron chi connectivity index (χ1n) is 7.46. The Morgan fingerprint density at radius 1 is 1.41 bits per heavy atom. The first-order chi connectivity index (χ1) is 10.3. The number of likely N-dealkylation sites (tertiary alicyclic amines) is 1. The number of aromatic nitrogens is 2. The molecule has 0 radical (unpaired) electrons. The third kappa shape index (κ3) is 3.23. The fraction of sp³-hybridized carbons (Fsp3) is 0.667. The van der Waals surface area contributed by atoms with E-state index in [2.05, 4.69) is 5.10 Å². The number of carbonyl (C=O) groups is 2. The first-order valence-corrected chi connectivity index (χ1v) is 7.46. The average molecular weight is 309 g/mol. The predicted octanol–water partition coefficient (Wildman–Crippen LogP) is 1.13. The molecule has 1 aliphatic heterocycles. The van der Waals surface area contributed by atoms with Gasteiger partial charge in [-0.2, -0.15) is 5.10 Å². The Balaban J connectivity index is 2.03. The van der Waals surface area contributed by atoms with Gasteiger partial charge in [-0.3, -0.25) is 9.48 Å². The maximum Gasteiger partial charge on any atom is 0.326 e. The quantitative estimate of drug-likeness (QED) is 0.901. The number of aliphatic carboxylic acids is 1. The zero-order valence-electron chi connectivity index (χ0n) is 13.5. The Labute approximate surface area is 129 Å². The summed E-state index contributed by atoms with van der Waals surface area (Å²) in [5.74, 6) is -0.336. The van der Waals surface area contributed by atoms with Crippen LogP contribution >= 0.6 is 0 Å². The molecular weight excluding hydrogens is 286 g/mol. The van der Waals surface area contributed by atoms with Crippen LogP contribution in [-0.2, 0) is 16.6 Å². The van der Waals surface area contributed by atoms with E-state index < -0.39 is 12.0 Å². The van der Waals surface area contributed by atoms with Crippen molar-refractivity contribution in [3.05, 3.63) is 11.4 Å². The minimum Gasteiger partial charge on any atom is -0.480 e. The van der Waals surface area contributed by atoms with Crippen LogP contribution in [0, 0.1) is 19.8 Å².